The van der Waals surface area contributed by atoms with Crippen LogP contribution in [0.25, 0.3) is 0 Å². The van der Waals surface area contributed by atoms with Crippen molar-refractivity contribution in [2.75, 3.05) is 32.8 Å². The Balaban J connectivity index is 2.46. The second-order valence-corrected chi connectivity index (χ2v) is 7.37. The molecule has 142 valence electrons. The highest BCUT2D eigenvalue weighted by Crippen LogP contribution is 2.22. The van der Waals surface area contributed by atoms with E-state index in [9.17, 15) is 4.79 Å². The second kappa shape index (κ2) is 10.2. The summed E-state index contributed by atoms with van der Waals surface area (Å²) >= 11 is 0. The lowest BCUT2D eigenvalue weighted by Gasteiger charge is -2.37. The third kappa shape index (κ3) is 7.81. The molecule has 1 aliphatic rings. The normalized spacial score (nSPS) is 20.3. The van der Waals surface area contributed by atoms with Crippen LogP contribution in [0.1, 0.15) is 54.4 Å². The van der Waals surface area contributed by atoms with Crippen LogP contribution in [0.15, 0.2) is 0 Å². The Morgan fingerprint density at radius 2 is 1.88 bits per heavy atom. The van der Waals surface area contributed by atoms with Gasteiger partial charge in [-0.15, -0.1) is 0 Å². The van der Waals surface area contributed by atoms with Gasteiger partial charge in [0.05, 0.1) is 0 Å². The van der Waals surface area contributed by atoms with Gasteiger partial charge in [0.1, 0.15) is 5.60 Å². The zero-order valence-corrected chi connectivity index (χ0v) is 16.3. The number of likely N-dealkylation sites (tertiary alicyclic amines) is 1. The molecule has 6 nitrogen and oxygen atoms in total. The van der Waals surface area contributed by atoms with E-state index in [4.69, 9.17) is 14.2 Å². The molecule has 0 radical (unpaired) electrons. The van der Waals surface area contributed by atoms with E-state index in [1.807, 2.05) is 39.5 Å². The van der Waals surface area contributed by atoms with Crippen molar-refractivity contribution in [1.82, 2.24) is 10.2 Å². The van der Waals surface area contributed by atoms with Crippen molar-refractivity contribution in [3.8, 4) is 0 Å². The quantitative estimate of drug-likeness (QED) is 0.686. The SMILES string of the molecule is CCOC(CN[C@@H](C)[C@@H]1CCCN(C(=O)OC(C)(C)C)C1)OCC. The number of rotatable bonds is 8. The molecule has 0 unspecified atom stereocenters. The van der Waals surface area contributed by atoms with Crippen LogP contribution < -0.4 is 5.32 Å². The number of nitrogens with zero attached hydrogens (tertiary/aromatic N) is 1. The zero-order chi connectivity index (χ0) is 18.2. The third-order valence-electron chi connectivity index (χ3n) is 4.13. The summed E-state index contributed by atoms with van der Waals surface area (Å²) in [5.41, 5.74) is -0.448. The summed E-state index contributed by atoms with van der Waals surface area (Å²) in [5, 5.41) is 3.50. The number of ether oxygens (including phenoxy) is 3. The summed E-state index contributed by atoms with van der Waals surface area (Å²) in [6.45, 7) is 15.2. The third-order valence-corrected chi connectivity index (χ3v) is 4.13. The van der Waals surface area contributed by atoms with Crippen molar-refractivity contribution in [2.45, 2.75) is 72.3 Å². The molecule has 0 spiro atoms. The first-order chi connectivity index (χ1) is 11.3. The minimum atomic E-state index is -0.448. The van der Waals surface area contributed by atoms with Crippen molar-refractivity contribution in [3.63, 3.8) is 0 Å². The maximum atomic E-state index is 12.3. The van der Waals surface area contributed by atoms with Crippen LogP contribution in [0.4, 0.5) is 4.79 Å². The molecule has 24 heavy (non-hydrogen) atoms. The van der Waals surface area contributed by atoms with Gasteiger partial charge >= 0.3 is 6.09 Å². The molecule has 1 saturated heterocycles. The average Bonchev–Trinajstić information content (AvgIpc) is 2.51. The van der Waals surface area contributed by atoms with Crippen LogP contribution in [0.2, 0.25) is 0 Å². The Hall–Kier alpha value is -0.850. The van der Waals surface area contributed by atoms with E-state index in [1.54, 1.807) is 0 Å². The molecular formula is C18H36N2O4. The number of carbonyl (C=O) groups excluding carboxylic acids is 1. The molecule has 2 atom stereocenters. The van der Waals surface area contributed by atoms with Gasteiger partial charge in [-0.05, 0) is 60.3 Å². The van der Waals surface area contributed by atoms with Crippen LogP contribution in [0.3, 0.4) is 0 Å². The lowest BCUT2D eigenvalue weighted by molar-refractivity contribution is -0.134. The lowest BCUT2D eigenvalue weighted by atomic mass is 9.92. The van der Waals surface area contributed by atoms with Crippen molar-refractivity contribution < 1.29 is 19.0 Å². The molecule has 0 aromatic carbocycles. The Morgan fingerprint density at radius 1 is 1.25 bits per heavy atom. The van der Waals surface area contributed by atoms with Crippen molar-refractivity contribution in [3.05, 3.63) is 0 Å². The molecular weight excluding hydrogens is 308 g/mol. The van der Waals surface area contributed by atoms with E-state index >= 15 is 0 Å². The topological polar surface area (TPSA) is 60.0 Å². The maximum Gasteiger partial charge on any atom is 0.410 e. The molecule has 6 heteroatoms. The van der Waals surface area contributed by atoms with Crippen molar-refractivity contribution in [2.24, 2.45) is 5.92 Å². The summed E-state index contributed by atoms with van der Waals surface area (Å²) in [5.74, 6) is 0.412. The molecule has 1 N–H and O–H groups in total. The van der Waals surface area contributed by atoms with Gasteiger partial charge in [-0.3, -0.25) is 0 Å². The summed E-state index contributed by atoms with van der Waals surface area (Å²) in [4.78, 5) is 14.1. The van der Waals surface area contributed by atoms with Crippen LogP contribution in [-0.2, 0) is 14.2 Å². The molecule has 1 heterocycles. The molecule has 0 aliphatic carbocycles. The Labute approximate surface area is 147 Å². The monoisotopic (exact) mass is 344 g/mol. The molecule has 1 fully saturated rings. The van der Waals surface area contributed by atoms with E-state index in [1.165, 1.54) is 0 Å². The fourth-order valence-corrected chi connectivity index (χ4v) is 2.90. The van der Waals surface area contributed by atoms with Gasteiger partial charge < -0.3 is 24.4 Å². The van der Waals surface area contributed by atoms with E-state index in [0.29, 0.717) is 31.7 Å². The predicted molar refractivity (Wildman–Crippen MR) is 95.0 cm³/mol. The highest BCUT2D eigenvalue weighted by molar-refractivity contribution is 5.68. The fraction of sp³-hybridized carbons (Fsp3) is 0.944. The number of amides is 1. The van der Waals surface area contributed by atoms with Gasteiger partial charge in [0.2, 0.25) is 0 Å². The first-order valence-corrected chi connectivity index (χ1v) is 9.21. The first kappa shape index (κ1) is 21.2. The fourth-order valence-electron chi connectivity index (χ4n) is 2.90. The molecule has 1 aliphatic heterocycles. The van der Waals surface area contributed by atoms with Crippen LogP contribution in [0.5, 0.6) is 0 Å². The van der Waals surface area contributed by atoms with Crippen molar-refractivity contribution >= 4 is 6.09 Å². The van der Waals surface area contributed by atoms with Gasteiger partial charge in [-0.1, -0.05) is 0 Å². The largest absolute Gasteiger partial charge is 0.444 e. The first-order valence-electron chi connectivity index (χ1n) is 9.21. The van der Waals surface area contributed by atoms with Gasteiger partial charge in [-0.25, -0.2) is 4.79 Å². The standard InChI is InChI=1S/C18H36N2O4/c1-7-22-16(23-8-2)12-19-14(3)15-10-9-11-20(13-15)17(21)24-18(4,5)6/h14-16,19H,7-13H2,1-6H3/t14-,15+/m0/s1. The van der Waals surface area contributed by atoms with Gasteiger partial charge in [0, 0.05) is 38.9 Å². The van der Waals surface area contributed by atoms with Gasteiger partial charge in [0.15, 0.2) is 6.29 Å². The minimum absolute atomic E-state index is 0.207. The molecule has 1 rings (SSSR count). The minimum Gasteiger partial charge on any atom is -0.444 e. The predicted octanol–water partition coefficient (Wildman–Crippen LogP) is 3.01. The highest BCUT2D eigenvalue weighted by atomic mass is 16.7. The second-order valence-electron chi connectivity index (χ2n) is 7.37. The molecule has 0 aromatic heterocycles. The number of nitrogens with one attached hydrogen (secondary N) is 1. The van der Waals surface area contributed by atoms with Gasteiger partial charge in [0.25, 0.3) is 0 Å². The zero-order valence-electron chi connectivity index (χ0n) is 16.3. The summed E-state index contributed by atoms with van der Waals surface area (Å²) in [6.07, 6.45) is 1.70. The molecule has 0 aromatic rings. The Morgan fingerprint density at radius 3 is 2.42 bits per heavy atom. The van der Waals surface area contributed by atoms with Crippen LogP contribution in [0, 0.1) is 5.92 Å². The molecule has 0 saturated carbocycles. The van der Waals surface area contributed by atoms with E-state index < -0.39 is 5.60 Å². The molecule has 0 bridgehead atoms. The highest BCUT2D eigenvalue weighted by Gasteiger charge is 2.30. The average molecular weight is 344 g/mol. The van der Waals surface area contributed by atoms with Crippen LogP contribution >= 0.6 is 0 Å². The summed E-state index contributed by atoms with van der Waals surface area (Å²) in [6, 6.07) is 0.290. The Kier molecular flexibility index (Phi) is 9.02. The summed E-state index contributed by atoms with van der Waals surface area (Å²) in [7, 11) is 0. The van der Waals surface area contributed by atoms with E-state index in [2.05, 4.69) is 12.2 Å². The smallest absolute Gasteiger partial charge is 0.410 e. The molecule has 1 amide bonds. The van der Waals surface area contributed by atoms with Gasteiger partial charge in [-0.2, -0.15) is 0 Å². The van der Waals surface area contributed by atoms with E-state index in [0.717, 1.165) is 25.9 Å². The van der Waals surface area contributed by atoms with Crippen LogP contribution in [-0.4, -0.2) is 61.8 Å². The number of hydrogen-bond donors (Lipinski definition) is 1. The maximum absolute atomic E-state index is 12.3. The summed E-state index contributed by atoms with van der Waals surface area (Å²) < 4.78 is 16.6. The number of piperidine rings is 1. The Bertz CT molecular complexity index is 365. The number of hydrogen-bond acceptors (Lipinski definition) is 5. The number of carbonyl (C=O) groups is 1. The van der Waals surface area contributed by atoms with E-state index in [-0.39, 0.29) is 12.4 Å². The van der Waals surface area contributed by atoms with Crippen molar-refractivity contribution in [1.29, 1.82) is 0 Å². The lowest BCUT2D eigenvalue weighted by Crippen LogP contribution is -2.49.